The van der Waals surface area contributed by atoms with E-state index >= 15 is 0 Å². The Balaban J connectivity index is 2.08. The van der Waals surface area contributed by atoms with E-state index in [0.29, 0.717) is 17.4 Å². The quantitative estimate of drug-likeness (QED) is 0.740. The highest BCUT2D eigenvalue weighted by atomic mass is 35.5. The molecule has 0 aromatic heterocycles. The number of benzene rings is 2. The van der Waals surface area contributed by atoms with Crippen molar-refractivity contribution in [3.05, 3.63) is 64.4 Å². The zero-order chi connectivity index (χ0) is 14.8. The van der Waals surface area contributed by atoms with Gasteiger partial charge in [0.25, 0.3) is 0 Å². The molecule has 0 bridgehead atoms. The van der Waals surface area contributed by atoms with E-state index in [9.17, 15) is 4.39 Å². The molecule has 0 fully saturated rings. The van der Waals surface area contributed by atoms with Crippen LogP contribution in [-0.2, 0) is 12.0 Å². The van der Waals surface area contributed by atoms with Gasteiger partial charge in [-0.25, -0.2) is 4.39 Å². The van der Waals surface area contributed by atoms with E-state index in [-0.39, 0.29) is 11.2 Å². The van der Waals surface area contributed by atoms with Gasteiger partial charge in [0, 0.05) is 0 Å². The molecule has 2 aromatic carbocycles. The molecule has 0 atom stereocenters. The highest BCUT2D eigenvalue weighted by Crippen LogP contribution is 2.31. The molecule has 0 unspecified atom stereocenters. The summed E-state index contributed by atoms with van der Waals surface area (Å²) in [7, 11) is 0. The first kappa shape index (κ1) is 14.9. The Morgan fingerprint density at radius 1 is 1.05 bits per heavy atom. The van der Waals surface area contributed by atoms with Gasteiger partial charge < -0.3 is 4.74 Å². The minimum atomic E-state index is -0.249. The van der Waals surface area contributed by atoms with Crippen LogP contribution in [0.25, 0.3) is 0 Å². The third-order valence-electron chi connectivity index (χ3n) is 3.11. The lowest BCUT2D eigenvalue weighted by Crippen LogP contribution is -2.10. The number of hydrogen-bond acceptors (Lipinski definition) is 1. The van der Waals surface area contributed by atoms with Crippen molar-refractivity contribution in [3.63, 3.8) is 0 Å². The molecule has 3 heteroatoms. The minimum Gasteiger partial charge on any atom is -0.487 e. The maximum Gasteiger partial charge on any atom is 0.138 e. The molecular formula is C17H18ClFO. The van der Waals surface area contributed by atoms with Crippen LogP contribution < -0.4 is 4.74 Å². The van der Waals surface area contributed by atoms with Crippen LogP contribution in [0.5, 0.6) is 5.75 Å². The number of rotatable bonds is 3. The summed E-state index contributed by atoms with van der Waals surface area (Å²) >= 11 is 6.24. The molecule has 0 radical (unpaired) electrons. The molecule has 20 heavy (non-hydrogen) atoms. The van der Waals surface area contributed by atoms with E-state index < -0.39 is 0 Å². The summed E-state index contributed by atoms with van der Waals surface area (Å²) in [6.45, 7) is 6.78. The predicted molar refractivity (Wildman–Crippen MR) is 80.9 cm³/mol. The first-order valence-electron chi connectivity index (χ1n) is 6.53. The van der Waals surface area contributed by atoms with E-state index in [4.69, 9.17) is 16.3 Å². The first-order valence-corrected chi connectivity index (χ1v) is 6.91. The molecule has 0 amide bonds. The summed E-state index contributed by atoms with van der Waals surface area (Å²) in [6.07, 6.45) is 0. The van der Waals surface area contributed by atoms with Crippen molar-refractivity contribution in [2.75, 3.05) is 0 Å². The van der Waals surface area contributed by atoms with E-state index in [0.717, 1.165) is 11.1 Å². The van der Waals surface area contributed by atoms with Crippen molar-refractivity contribution in [2.45, 2.75) is 32.8 Å². The fourth-order valence-corrected chi connectivity index (χ4v) is 2.06. The molecule has 0 saturated carbocycles. The number of ether oxygens (including phenoxy) is 1. The smallest absolute Gasteiger partial charge is 0.138 e. The molecule has 0 spiro atoms. The standard InChI is InChI=1S/C17H18ClFO/c1-17(2,3)13-6-9-16(15(18)10-13)20-11-12-4-7-14(19)8-5-12/h4-10H,11H2,1-3H3. The zero-order valence-corrected chi connectivity index (χ0v) is 12.7. The van der Waals surface area contributed by atoms with Gasteiger partial charge in [-0.15, -0.1) is 0 Å². The van der Waals surface area contributed by atoms with Crippen molar-refractivity contribution in [3.8, 4) is 5.75 Å². The second-order valence-corrected chi connectivity index (χ2v) is 6.22. The molecule has 1 nitrogen and oxygen atoms in total. The van der Waals surface area contributed by atoms with Gasteiger partial charge in [0.2, 0.25) is 0 Å². The third-order valence-corrected chi connectivity index (χ3v) is 3.40. The summed E-state index contributed by atoms with van der Waals surface area (Å²) in [4.78, 5) is 0. The Labute approximate surface area is 124 Å². The fraction of sp³-hybridized carbons (Fsp3) is 0.294. The van der Waals surface area contributed by atoms with Gasteiger partial charge in [-0.2, -0.15) is 0 Å². The Kier molecular flexibility index (Phi) is 4.34. The summed E-state index contributed by atoms with van der Waals surface area (Å²) < 4.78 is 18.5. The average Bonchev–Trinajstić information content (AvgIpc) is 2.38. The molecule has 0 N–H and O–H groups in total. The lowest BCUT2D eigenvalue weighted by molar-refractivity contribution is 0.306. The Hall–Kier alpha value is -1.54. The minimum absolute atomic E-state index is 0.0547. The summed E-state index contributed by atoms with van der Waals surface area (Å²) in [5, 5.41) is 0.597. The van der Waals surface area contributed by atoms with Gasteiger partial charge >= 0.3 is 0 Å². The van der Waals surface area contributed by atoms with Gasteiger partial charge in [-0.1, -0.05) is 50.6 Å². The topological polar surface area (TPSA) is 9.23 Å². The lowest BCUT2D eigenvalue weighted by Gasteiger charge is -2.20. The van der Waals surface area contributed by atoms with E-state index in [1.807, 2.05) is 18.2 Å². The van der Waals surface area contributed by atoms with Crippen LogP contribution in [-0.4, -0.2) is 0 Å². The third kappa shape index (κ3) is 3.73. The summed E-state index contributed by atoms with van der Waals surface area (Å²) in [6, 6.07) is 12.1. The largest absolute Gasteiger partial charge is 0.487 e. The van der Waals surface area contributed by atoms with Gasteiger partial charge in [0.15, 0.2) is 0 Å². The van der Waals surface area contributed by atoms with Crippen LogP contribution in [0.2, 0.25) is 5.02 Å². The van der Waals surface area contributed by atoms with Crippen molar-refractivity contribution < 1.29 is 9.13 Å². The highest BCUT2D eigenvalue weighted by Gasteiger charge is 2.15. The van der Waals surface area contributed by atoms with Gasteiger partial charge in [-0.05, 0) is 40.8 Å². The van der Waals surface area contributed by atoms with Gasteiger partial charge in [0.05, 0.1) is 5.02 Å². The normalized spacial score (nSPS) is 11.4. The second-order valence-electron chi connectivity index (χ2n) is 5.81. The molecule has 0 heterocycles. The van der Waals surface area contributed by atoms with E-state index in [1.165, 1.54) is 12.1 Å². The summed E-state index contributed by atoms with van der Waals surface area (Å²) in [5.74, 6) is 0.394. The first-order chi connectivity index (χ1) is 9.36. The fourth-order valence-electron chi connectivity index (χ4n) is 1.83. The molecule has 2 rings (SSSR count). The molecule has 0 aliphatic heterocycles. The zero-order valence-electron chi connectivity index (χ0n) is 11.9. The molecule has 2 aromatic rings. The van der Waals surface area contributed by atoms with Crippen molar-refractivity contribution in [2.24, 2.45) is 0 Å². The van der Waals surface area contributed by atoms with Crippen molar-refractivity contribution >= 4 is 11.6 Å². The van der Waals surface area contributed by atoms with Crippen LogP contribution in [0.4, 0.5) is 4.39 Å². The van der Waals surface area contributed by atoms with Gasteiger partial charge in [-0.3, -0.25) is 0 Å². The van der Waals surface area contributed by atoms with Crippen molar-refractivity contribution in [1.82, 2.24) is 0 Å². The number of hydrogen-bond donors (Lipinski definition) is 0. The molecule has 0 saturated heterocycles. The van der Waals surface area contributed by atoms with Crippen LogP contribution in [0.3, 0.4) is 0 Å². The molecular weight excluding hydrogens is 275 g/mol. The highest BCUT2D eigenvalue weighted by molar-refractivity contribution is 6.32. The van der Waals surface area contributed by atoms with Crippen LogP contribution >= 0.6 is 11.6 Å². The lowest BCUT2D eigenvalue weighted by atomic mass is 9.87. The molecule has 0 aliphatic rings. The monoisotopic (exact) mass is 292 g/mol. The molecule has 0 aliphatic carbocycles. The maximum absolute atomic E-state index is 12.8. The average molecular weight is 293 g/mol. The van der Waals surface area contributed by atoms with E-state index in [1.54, 1.807) is 12.1 Å². The Morgan fingerprint density at radius 2 is 1.70 bits per heavy atom. The molecule has 106 valence electrons. The van der Waals surface area contributed by atoms with Crippen LogP contribution in [0.15, 0.2) is 42.5 Å². The van der Waals surface area contributed by atoms with Crippen LogP contribution in [0.1, 0.15) is 31.9 Å². The second kappa shape index (κ2) is 5.84. The summed E-state index contributed by atoms with van der Waals surface area (Å²) in [5.41, 5.74) is 2.12. The van der Waals surface area contributed by atoms with E-state index in [2.05, 4.69) is 20.8 Å². The maximum atomic E-state index is 12.8. The number of halogens is 2. The van der Waals surface area contributed by atoms with Gasteiger partial charge in [0.1, 0.15) is 18.2 Å². The SMILES string of the molecule is CC(C)(C)c1ccc(OCc2ccc(F)cc2)c(Cl)c1. The van der Waals surface area contributed by atoms with Crippen LogP contribution in [0, 0.1) is 5.82 Å². The van der Waals surface area contributed by atoms with Crippen molar-refractivity contribution in [1.29, 1.82) is 0 Å². The Morgan fingerprint density at radius 3 is 2.25 bits per heavy atom. The predicted octanol–water partition coefficient (Wildman–Crippen LogP) is 5.36. The Bertz CT molecular complexity index is 585.